The molecule has 1 N–H and O–H groups in total. The molecule has 1 heterocycles. The lowest BCUT2D eigenvalue weighted by atomic mass is 9.64. The summed E-state index contributed by atoms with van der Waals surface area (Å²) in [5, 5.41) is 9.55. The van der Waals surface area contributed by atoms with E-state index in [1.54, 1.807) is 0 Å². The van der Waals surface area contributed by atoms with Crippen LogP contribution in [0.2, 0.25) is 0 Å². The average molecular weight is 332 g/mol. The van der Waals surface area contributed by atoms with E-state index in [9.17, 15) is 31.9 Å². The van der Waals surface area contributed by atoms with Gasteiger partial charge in [0, 0.05) is 11.5 Å². The molecule has 3 atom stereocenters. The number of aliphatic hydroxyl groups is 1. The summed E-state index contributed by atoms with van der Waals surface area (Å²) in [4.78, 5) is 11.4. The van der Waals surface area contributed by atoms with Crippen LogP contribution in [-0.4, -0.2) is 40.7 Å². The number of hydrogen-bond acceptors (Lipinski definition) is 4. The number of halogens is 5. The lowest BCUT2D eigenvalue weighted by molar-refractivity contribution is -0.498. The SMILES string of the molecule is C=CC(=O)OC1(C)C(C)(C)C(C)OC(O)(C(F)(F)F)C1(F)F. The third kappa shape index (κ3) is 2.13. The molecular weight excluding hydrogens is 315 g/mol. The Labute approximate surface area is 123 Å². The summed E-state index contributed by atoms with van der Waals surface area (Å²) in [7, 11) is 0. The fourth-order valence-electron chi connectivity index (χ4n) is 2.28. The van der Waals surface area contributed by atoms with Gasteiger partial charge in [0.2, 0.25) is 0 Å². The number of hydrogen-bond donors (Lipinski definition) is 1. The van der Waals surface area contributed by atoms with Gasteiger partial charge in [-0.1, -0.05) is 20.4 Å². The highest BCUT2D eigenvalue weighted by atomic mass is 19.4. The summed E-state index contributed by atoms with van der Waals surface area (Å²) >= 11 is 0. The molecule has 0 aromatic carbocycles. The number of alkyl halides is 5. The second-order valence-electron chi connectivity index (χ2n) is 5.86. The molecule has 3 unspecified atom stereocenters. The molecule has 0 radical (unpaired) electrons. The fourth-order valence-corrected chi connectivity index (χ4v) is 2.28. The summed E-state index contributed by atoms with van der Waals surface area (Å²) in [5.74, 6) is -11.1. The lowest BCUT2D eigenvalue weighted by Gasteiger charge is -2.58. The Bertz CT molecular complexity index is 487. The summed E-state index contributed by atoms with van der Waals surface area (Å²) in [6.07, 6.45) is -6.76. The van der Waals surface area contributed by atoms with Crippen molar-refractivity contribution in [2.45, 2.75) is 57.3 Å². The molecule has 0 amide bonds. The van der Waals surface area contributed by atoms with E-state index in [0.29, 0.717) is 13.0 Å². The number of esters is 1. The van der Waals surface area contributed by atoms with Crippen molar-refractivity contribution in [1.82, 2.24) is 0 Å². The first-order valence-electron chi connectivity index (χ1n) is 6.28. The molecule has 9 heteroatoms. The van der Waals surface area contributed by atoms with Crippen LogP contribution < -0.4 is 0 Å². The van der Waals surface area contributed by atoms with E-state index in [0.717, 1.165) is 20.8 Å². The Morgan fingerprint density at radius 2 is 1.77 bits per heavy atom. The molecular formula is C13H17F5O4. The van der Waals surface area contributed by atoms with Crippen LogP contribution in [0.5, 0.6) is 0 Å². The summed E-state index contributed by atoms with van der Waals surface area (Å²) in [6.45, 7) is 7.03. The van der Waals surface area contributed by atoms with Crippen LogP contribution in [0.1, 0.15) is 27.7 Å². The Hall–Kier alpha value is -1.22. The second kappa shape index (κ2) is 4.89. The van der Waals surface area contributed by atoms with Crippen molar-refractivity contribution in [3.63, 3.8) is 0 Å². The molecule has 0 spiro atoms. The van der Waals surface area contributed by atoms with Crippen LogP contribution in [-0.2, 0) is 14.3 Å². The van der Waals surface area contributed by atoms with Crippen LogP contribution in [0.25, 0.3) is 0 Å². The van der Waals surface area contributed by atoms with E-state index in [1.165, 1.54) is 0 Å². The normalized spacial score (nSPS) is 37.5. The van der Waals surface area contributed by atoms with E-state index in [-0.39, 0.29) is 0 Å². The van der Waals surface area contributed by atoms with Gasteiger partial charge in [0.25, 0.3) is 0 Å². The average Bonchev–Trinajstić information content (AvgIpc) is 2.34. The highest BCUT2D eigenvalue weighted by Gasteiger charge is 2.84. The van der Waals surface area contributed by atoms with Crippen molar-refractivity contribution in [3.8, 4) is 0 Å². The fraction of sp³-hybridized carbons (Fsp3) is 0.769. The molecule has 0 aromatic rings. The minimum atomic E-state index is -5.80. The topological polar surface area (TPSA) is 55.8 Å². The summed E-state index contributed by atoms with van der Waals surface area (Å²) < 4.78 is 76.9. The van der Waals surface area contributed by atoms with Crippen molar-refractivity contribution < 1.29 is 41.3 Å². The molecule has 22 heavy (non-hydrogen) atoms. The quantitative estimate of drug-likeness (QED) is 0.480. The van der Waals surface area contributed by atoms with Crippen molar-refractivity contribution in [3.05, 3.63) is 12.7 Å². The summed E-state index contributed by atoms with van der Waals surface area (Å²) in [5.41, 5.74) is -4.74. The minimum absolute atomic E-state index is 0.546. The van der Waals surface area contributed by atoms with Gasteiger partial charge in [0.15, 0.2) is 5.60 Å². The molecule has 0 bridgehead atoms. The zero-order valence-electron chi connectivity index (χ0n) is 12.4. The van der Waals surface area contributed by atoms with Gasteiger partial charge in [-0.15, -0.1) is 0 Å². The molecule has 0 saturated carbocycles. The Morgan fingerprint density at radius 1 is 1.32 bits per heavy atom. The van der Waals surface area contributed by atoms with Gasteiger partial charge in [-0.05, 0) is 13.8 Å². The van der Waals surface area contributed by atoms with Crippen LogP contribution in [0.4, 0.5) is 22.0 Å². The zero-order chi connectivity index (χ0) is 17.8. The number of carbonyl (C=O) groups is 1. The van der Waals surface area contributed by atoms with Crippen molar-refractivity contribution in [2.75, 3.05) is 0 Å². The van der Waals surface area contributed by atoms with E-state index in [1.807, 2.05) is 0 Å². The van der Waals surface area contributed by atoms with Crippen LogP contribution in [0.3, 0.4) is 0 Å². The predicted octanol–water partition coefficient (Wildman–Crippen LogP) is 2.81. The third-order valence-electron chi connectivity index (χ3n) is 4.47. The van der Waals surface area contributed by atoms with Crippen LogP contribution in [0, 0.1) is 5.41 Å². The number of carbonyl (C=O) groups excluding carboxylic acids is 1. The van der Waals surface area contributed by atoms with Crippen molar-refractivity contribution >= 4 is 5.97 Å². The van der Waals surface area contributed by atoms with Gasteiger partial charge in [-0.2, -0.15) is 22.0 Å². The Morgan fingerprint density at radius 3 is 2.14 bits per heavy atom. The van der Waals surface area contributed by atoms with Crippen LogP contribution in [0.15, 0.2) is 12.7 Å². The molecule has 1 aliphatic rings. The predicted molar refractivity (Wildman–Crippen MR) is 65.0 cm³/mol. The van der Waals surface area contributed by atoms with E-state index in [2.05, 4.69) is 16.1 Å². The largest absolute Gasteiger partial charge is 0.449 e. The number of ether oxygens (including phenoxy) is 2. The van der Waals surface area contributed by atoms with Crippen molar-refractivity contribution in [2.24, 2.45) is 5.41 Å². The highest BCUT2D eigenvalue weighted by Crippen LogP contribution is 2.60. The monoisotopic (exact) mass is 332 g/mol. The third-order valence-corrected chi connectivity index (χ3v) is 4.47. The molecule has 4 nitrogen and oxygen atoms in total. The van der Waals surface area contributed by atoms with Gasteiger partial charge in [0.05, 0.1) is 6.10 Å². The first-order chi connectivity index (χ1) is 9.58. The molecule has 128 valence electrons. The smallest absolute Gasteiger partial charge is 0.449 e. The van der Waals surface area contributed by atoms with Gasteiger partial charge in [0.1, 0.15) is 0 Å². The van der Waals surface area contributed by atoms with Gasteiger partial charge >= 0.3 is 23.9 Å². The number of rotatable bonds is 2. The maximum atomic E-state index is 14.6. The highest BCUT2D eigenvalue weighted by molar-refractivity contribution is 5.81. The molecule has 0 aromatic heterocycles. The molecule has 1 saturated heterocycles. The first-order valence-corrected chi connectivity index (χ1v) is 6.28. The van der Waals surface area contributed by atoms with Gasteiger partial charge in [-0.25, -0.2) is 4.79 Å². The minimum Gasteiger partial charge on any atom is -0.449 e. The molecule has 0 aliphatic carbocycles. The molecule has 1 rings (SSSR count). The standard InChI is InChI=1S/C13H17F5O4/c1-6-8(19)22-10(5)9(3,4)7(2)21-12(20,11(10,14)15)13(16,17)18/h6-7,20H,1H2,2-5H3. The molecule has 1 fully saturated rings. The Balaban J connectivity index is 3.60. The van der Waals surface area contributed by atoms with E-state index in [4.69, 9.17) is 0 Å². The lowest BCUT2D eigenvalue weighted by Crippen LogP contribution is -2.79. The van der Waals surface area contributed by atoms with E-state index >= 15 is 0 Å². The zero-order valence-corrected chi connectivity index (χ0v) is 12.4. The van der Waals surface area contributed by atoms with E-state index < -0.39 is 41.0 Å². The second-order valence-corrected chi connectivity index (χ2v) is 5.86. The summed E-state index contributed by atoms with van der Waals surface area (Å²) in [6, 6.07) is 0. The maximum absolute atomic E-state index is 14.6. The Kier molecular flexibility index (Phi) is 4.18. The molecule has 1 aliphatic heterocycles. The maximum Gasteiger partial charge on any atom is 0.449 e. The van der Waals surface area contributed by atoms with Crippen molar-refractivity contribution in [1.29, 1.82) is 0 Å². The van der Waals surface area contributed by atoms with Gasteiger partial charge < -0.3 is 14.6 Å². The van der Waals surface area contributed by atoms with Gasteiger partial charge in [-0.3, -0.25) is 0 Å². The first kappa shape index (κ1) is 18.8. The van der Waals surface area contributed by atoms with Crippen LogP contribution >= 0.6 is 0 Å².